The SMILES string of the molecule is CN(C)C[C@@H]1O[C@@H](CO)[C@@H](O)[C@H]1N1CCc2ccccc2C1. The largest absolute Gasteiger partial charge is 0.394 e. The Labute approximate surface area is 132 Å². The Balaban J connectivity index is 1.79. The first-order valence-corrected chi connectivity index (χ1v) is 8.00. The smallest absolute Gasteiger partial charge is 0.109 e. The average molecular weight is 306 g/mol. The van der Waals surface area contributed by atoms with Crippen molar-refractivity contribution in [2.45, 2.75) is 37.3 Å². The van der Waals surface area contributed by atoms with Crippen LogP contribution in [0.1, 0.15) is 11.1 Å². The fraction of sp³-hybridized carbons (Fsp3) is 0.647. The Hall–Kier alpha value is -0.980. The molecule has 4 atom stereocenters. The summed E-state index contributed by atoms with van der Waals surface area (Å²) in [5, 5.41) is 20.0. The predicted octanol–water partition coefficient (Wildman–Crippen LogP) is 0.0955. The Morgan fingerprint density at radius 3 is 2.64 bits per heavy atom. The molecule has 2 heterocycles. The van der Waals surface area contributed by atoms with Crippen LogP contribution in [-0.4, -0.2) is 78.2 Å². The molecule has 5 nitrogen and oxygen atoms in total. The summed E-state index contributed by atoms with van der Waals surface area (Å²) in [4.78, 5) is 4.39. The summed E-state index contributed by atoms with van der Waals surface area (Å²) >= 11 is 0. The molecule has 0 amide bonds. The van der Waals surface area contributed by atoms with Gasteiger partial charge in [0.1, 0.15) is 12.2 Å². The molecule has 3 rings (SSSR count). The average Bonchev–Trinajstić information content (AvgIpc) is 2.81. The van der Waals surface area contributed by atoms with Crippen molar-refractivity contribution in [2.75, 3.05) is 33.8 Å². The zero-order chi connectivity index (χ0) is 15.7. The molecule has 0 aliphatic carbocycles. The van der Waals surface area contributed by atoms with Crippen molar-refractivity contribution in [1.29, 1.82) is 0 Å². The number of ether oxygens (including phenoxy) is 1. The second-order valence-corrected chi connectivity index (χ2v) is 6.63. The maximum atomic E-state index is 10.6. The lowest BCUT2D eigenvalue weighted by Crippen LogP contribution is -2.52. The first-order valence-electron chi connectivity index (χ1n) is 8.00. The van der Waals surface area contributed by atoms with E-state index in [-0.39, 0.29) is 18.8 Å². The summed E-state index contributed by atoms with van der Waals surface area (Å²) in [6.45, 7) is 2.37. The minimum atomic E-state index is -0.639. The number of aliphatic hydroxyl groups excluding tert-OH is 2. The van der Waals surface area contributed by atoms with Crippen LogP contribution in [0.4, 0.5) is 0 Å². The van der Waals surface area contributed by atoms with E-state index in [0.29, 0.717) is 0 Å². The van der Waals surface area contributed by atoms with E-state index in [1.165, 1.54) is 11.1 Å². The fourth-order valence-corrected chi connectivity index (χ4v) is 3.71. The second kappa shape index (κ2) is 6.64. The lowest BCUT2D eigenvalue weighted by Gasteiger charge is -2.37. The summed E-state index contributed by atoms with van der Waals surface area (Å²) in [5.74, 6) is 0. The molecule has 122 valence electrons. The molecule has 2 aliphatic rings. The molecule has 0 radical (unpaired) electrons. The third kappa shape index (κ3) is 3.05. The maximum absolute atomic E-state index is 10.6. The van der Waals surface area contributed by atoms with Crippen LogP contribution in [0.2, 0.25) is 0 Å². The molecular weight excluding hydrogens is 280 g/mol. The van der Waals surface area contributed by atoms with Gasteiger partial charge in [0.15, 0.2) is 0 Å². The van der Waals surface area contributed by atoms with Crippen LogP contribution in [0.3, 0.4) is 0 Å². The molecule has 1 saturated heterocycles. The first-order chi connectivity index (χ1) is 10.6. The first kappa shape index (κ1) is 15.9. The number of hydrogen-bond donors (Lipinski definition) is 2. The van der Waals surface area contributed by atoms with Gasteiger partial charge in [-0.3, -0.25) is 4.90 Å². The van der Waals surface area contributed by atoms with E-state index in [4.69, 9.17) is 4.74 Å². The van der Waals surface area contributed by atoms with Crippen LogP contribution >= 0.6 is 0 Å². The third-order valence-corrected chi connectivity index (χ3v) is 4.77. The number of hydrogen-bond acceptors (Lipinski definition) is 5. The summed E-state index contributed by atoms with van der Waals surface area (Å²) in [5.41, 5.74) is 2.73. The predicted molar refractivity (Wildman–Crippen MR) is 84.7 cm³/mol. The van der Waals surface area contributed by atoms with Gasteiger partial charge in [-0.05, 0) is 31.6 Å². The Morgan fingerprint density at radius 1 is 1.23 bits per heavy atom. The van der Waals surface area contributed by atoms with Crippen LogP contribution in [0, 0.1) is 0 Å². The summed E-state index contributed by atoms with van der Waals surface area (Å²) in [7, 11) is 4.01. The fourth-order valence-electron chi connectivity index (χ4n) is 3.71. The molecule has 0 bridgehead atoms. The van der Waals surface area contributed by atoms with Gasteiger partial charge in [-0.25, -0.2) is 0 Å². The second-order valence-electron chi connectivity index (χ2n) is 6.63. The molecule has 2 aliphatic heterocycles. The zero-order valence-corrected chi connectivity index (χ0v) is 13.4. The number of likely N-dealkylation sites (N-methyl/N-ethyl adjacent to an activating group) is 1. The van der Waals surface area contributed by atoms with E-state index >= 15 is 0 Å². The molecule has 1 aromatic carbocycles. The van der Waals surface area contributed by atoms with Crippen LogP contribution in [0.15, 0.2) is 24.3 Å². The van der Waals surface area contributed by atoms with Crippen molar-refractivity contribution in [3.63, 3.8) is 0 Å². The van der Waals surface area contributed by atoms with Crippen molar-refractivity contribution < 1.29 is 14.9 Å². The van der Waals surface area contributed by atoms with E-state index in [9.17, 15) is 10.2 Å². The van der Waals surface area contributed by atoms with Gasteiger partial charge in [-0.2, -0.15) is 0 Å². The highest BCUT2D eigenvalue weighted by atomic mass is 16.5. The molecule has 2 N–H and O–H groups in total. The van der Waals surface area contributed by atoms with Crippen LogP contribution in [-0.2, 0) is 17.7 Å². The summed E-state index contributed by atoms with van der Waals surface area (Å²) < 4.78 is 5.90. The molecule has 22 heavy (non-hydrogen) atoms. The Kier molecular flexibility index (Phi) is 4.80. The van der Waals surface area contributed by atoms with Gasteiger partial charge in [0.25, 0.3) is 0 Å². The van der Waals surface area contributed by atoms with Crippen molar-refractivity contribution in [2.24, 2.45) is 0 Å². The highest BCUT2D eigenvalue weighted by Crippen LogP contribution is 2.30. The van der Waals surface area contributed by atoms with Gasteiger partial charge in [-0.1, -0.05) is 24.3 Å². The van der Waals surface area contributed by atoms with Gasteiger partial charge in [-0.15, -0.1) is 0 Å². The molecular formula is C17H26N2O3. The van der Waals surface area contributed by atoms with E-state index in [2.05, 4.69) is 34.1 Å². The monoisotopic (exact) mass is 306 g/mol. The van der Waals surface area contributed by atoms with Crippen LogP contribution in [0.25, 0.3) is 0 Å². The topological polar surface area (TPSA) is 56.2 Å². The quantitative estimate of drug-likeness (QED) is 0.826. The number of fused-ring (bicyclic) bond motifs is 1. The van der Waals surface area contributed by atoms with E-state index in [1.807, 2.05) is 14.1 Å². The van der Waals surface area contributed by atoms with E-state index < -0.39 is 12.2 Å². The van der Waals surface area contributed by atoms with E-state index in [1.54, 1.807) is 0 Å². The number of nitrogens with zero attached hydrogens (tertiary/aromatic N) is 2. The highest BCUT2D eigenvalue weighted by Gasteiger charge is 2.46. The van der Waals surface area contributed by atoms with Gasteiger partial charge in [0, 0.05) is 19.6 Å². The molecule has 0 saturated carbocycles. The normalized spacial score (nSPS) is 32.4. The minimum absolute atomic E-state index is 0.0621. The molecule has 5 heteroatoms. The van der Waals surface area contributed by atoms with Crippen molar-refractivity contribution in [3.05, 3.63) is 35.4 Å². The Morgan fingerprint density at radius 2 is 1.95 bits per heavy atom. The van der Waals surface area contributed by atoms with Crippen molar-refractivity contribution in [1.82, 2.24) is 9.80 Å². The van der Waals surface area contributed by atoms with Crippen molar-refractivity contribution >= 4 is 0 Å². The lowest BCUT2D eigenvalue weighted by molar-refractivity contribution is -0.0275. The molecule has 0 aromatic heterocycles. The number of aliphatic hydroxyl groups is 2. The minimum Gasteiger partial charge on any atom is -0.394 e. The number of benzene rings is 1. The lowest BCUT2D eigenvalue weighted by atomic mass is 9.95. The molecule has 1 aromatic rings. The van der Waals surface area contributed by atoms with Gasteiger partial charge in [0.05, 0.1) is 18.8 Å². The standard InChI is InChI=1S/C17H26N2O3/c1-18(2)10-14-16(17(21)15(11-20)22-14)19-8-7-12-5-3-4-6-13(12)9-19/h3-6,14-17,20-21H,7-11H2,1-2H3/t14-,15-,16-,17+/m0/s1. The van der Waals surface area contributed by atoms with Gasteiger partial charge >= 0.3 is 0 Å². The molecule has 0 spiro atoms. The van der Waals surface area contributed by atoms with E-state index in [0.717, 1.165) is 26.1 Å². The van der Waals surface area contributed by atoms with Gasteiger partial charge < -0.3 is 19.8 Å². The van der Waals surface area contributed by atoms with Gasteiger partial charge in [0.2, 0.25) is 0 Å². The Bertz CT molecular complexity index is 508. The third-order valence-electron chi connectivity index (χ3n) is 4.77. The molecule has 1 fully saturated rings. The zero-order valence-electron chi connectivity index (χ0n) is 13.4. The molecule has 0 unspecified atom stereocenters. The van der Waals surface area contributed by atoms with Crippen LogP contribution in [0.5, 0.6) is 0 Å². The highest BCUT2D eigenvalue weighted by molar-refractivity contribution is 5.29. The summed E-state index contributed by atoms with van der Waals surface area (Å²) in [6, 6.07) is 8.43. The maximum Gasteiger partial charge on any atom is 0.109 e. The van der Waals surface area contributed by atoms with Crippen molar-refractivity contribution in [3.8, 4) is 0 Å². The van der Waals surface area contributed by atoms with Crippen LogP contribution < -0.4 is 0 Å². The number of rotatable bonds is 4. The summed E-state index contributed by atoms with van der Waals surface area (Å²) in [6.07, 6.45) is -0.197.